The number of carbonyl (C=O) groups excluding carboxylic acids is 1. The molecule has 1 saturated heterocycles. The van der Waals surface area contributed by atoms with E-state index in [-0.39, 0.29) is 11.4 Å². The monoisotopic (exact) mass is 214 g/mol. The van der Waals surface area contributed by atoms with Crippen LogP contribution in [0.4, 0.5) is 5.69 Å². The van der Waals surface area contributed by atoms with Crippen molar-refractivity contribution in [3.05, 3.63) is 24.0 Å². The molecule has 3 aliphatic rings. The maximum atomic E-state index is 11.8. The molecule has 16 heavy (non-hydrogen) atoms. The highest BCUT2D eigenvalue weighted by Crippen LogP contribution is 2.47. The van der Waals surface area contributed by atoms with Gasteiger partial charge in [0, 0.05) is 18.0 Å². The van der Waals surface area contributed by atoms with Gasteiger partial charge >= 0.3 is 0 Å². The number of fused-ring (bicyclic) bond motifs is 3. The van der Waals surface area contributed by atoms with E-state index in [1.54, 1.807) is 6.20 Å². The number of pyridine rings is 1. The Bertz CT molecular complexity index is 533. The van der Waals surface area contributed by atoms with Crippen molar-refractivity contribution in [3.8, 4) is 0 Å². The number of hydrogen-bond donors (Lipinski definition) is 1. The molecule has 5 heteroatoms. The molecule has 5 nitrogen and oxygen atoms in total. The number of nitrogens with zero attached hydrogens (tertiary/aromatic N) is 3. The topological polar surface area (TPSA) is 57.6 Å². The third-order valence-corrected chi connectivity index (χ3v) is 3.58. The van der Waals surface area contributed by atoms with Crippen LogP contribution in [0, 0.1) is 0 Å². The lowest BCUT2D eigenvalue weighted by molar-refractivity contribution is -0.122. The van der Waals surface area contributed by atoms with Crippen LogP contribution in [0.15, 0.2) is 23.5 Å². The molecule has 0 aromatic carbocycles. The molecule has 80 valence electrons. The molecule has 1 N–H and O–H groups in total. The Balaban J connectivity index is 1.86. The molecule has 1 aliphatic carbocycles. The Labute approximate surface area is 92.2 Å². The molecule has 3 heterocycles. The van der Waals surface area contributed by atoms with Gasteiger partial charge in [-0.05, 0) is 18.9 Å². The summed E-state index contributed by atoms with van der Waals surface area (Å²) < 4.78 is 0. The first kappa shape index (κ1) is 8.27. The lowest BCUT2D eigenvalue weighted by Gasteiger charge is -2.27. The molecular formula is C11H10N4O. The third kappa shape index (κ3) is 0.839. The van der Waals surface area contributed by atoms with Crippen LogP contribution in [0.2, 0.25) is 0 Å². The summed E-state index contributed by atoms with van der Waals surface area (Å²) in [7, 11) is 0. The van der Waals surface area contributed by atoms with Crippen molar-refractivity contribution in [2.45, 2.75) is 24.9 Å². The zero-order valence-corrected chi connectivity index (χ0v) is 8.60. The minimum absolute atomic E-state index is 0.104. The van der Waals surface area contributed by atoms with Crippen molar-refractivity contribution >= 4 is 17.6 Å². The van der Waals surface area contributed by atoms with E-state index in [4.69, 9.17) is 0 Å². The Morgan fingerprint density at radius 3 is 3.12 bits per heavy atom. The van der Waals surface area contributed by atoms with E-state index in [9.17, 15) is 4.79 Å². The number of hydrogen-bond acceptors (Lipinski definition) is 4. The number of guanidine groups is 1. The van der Waals surface area contributed by atoms with Crippen molar-refractivity contribution in [1.29, 1.82) is 0 Å². The van der Waals surface area contributed by atoms with Crippen LogP contribution in [0.1, 0.15) is 18.4 Å². The summed E-state index contributed by atoms with van der Waals surface area (Å²) in [6.07, 6.45) is 5.43. The Hall–Kier alpha value is -1.91. The second-order valence-corrected chi connectivity index (χ2v) is 4.51. The van der Waals surface area contributed by atoms with Gasteiger partial charge in [-0.2, -0.15) is 0 Å². The largest absolute Gasteiger partial charge is 0.323 e. The zero-order chi connectivity index (χ0) is 10.8. The van der Waals surface area contributed by atoms with E-state index in [0.29, 0.717) is 5.96 Å². The van der Waals surface area contributed by atoms with Gasteiger partial charge in [-0.1, -0.05) is 0 Å². The summed E-state index contributed by atoms with van der Waals surface area (Å²) in [6, 6.07) is 1.88. The first-order chi connectivity index (χ1) is 7.79. The molecule has 0 unspecified atom stereocenters. The van der Waals surface area contributed by atoms with E-state index in [1.165, 1.54) is 0 Å². The fourth-order valence-corrected chi connectivity index (χ4v) is 2.48. The van der Waals surface area contributed by atoms with Gasteiger partial charge < -0.3 is 4.90 Å². The summed E-state index contributed by atoms with van der Waals surface area (Å²) in [5.41, 5.74) is 1.72. The third-order valence-electron chi connectivity index (χ3n) is 3.58. The average molecular weight is 214 g/mol. The van der Waals surface area contributed by atoms with Crippen molar-refractivity contribution in [1.82, 2.24) is 15.2 Å². The lowest BCUT2D eigenvalue weighted by atomic mass is 10.1. The van der Waals surface area contributed by atoms with Crippen LogP contribution < -0.4 is 5.32 Å². The minimum atomic E-state index is -0.285. The van der Waals surface area contributed by atoms with E-state index >= 15 is 0 Å². The van der Waals surface area contributed by atoms with Crippen LogP contribution in [0.5, 0.6) is 0 Å². The van der Waals surface area contributed by atoms with Crippen molar-refractivity contribution < 1.29 is 4.79 Å². The number of amides is 1. The molecule has 1 saturated carbocycles. The van der Waals surface area contributed by atoms with Crippen LogP contribution in [0.25, 0.3) is 0 Å². The molecule has 1 aromatic heterocycles. The second kappa shape index (κ2) is 2.42. The summed E-state index contributed by atoms with van der Waals surface area (Å²) in [5.74, 6) is 0.813. The predicted molar refractivity (Wildman–Crippen MR) is 57.0 cm³/mol. The molecular weight excluding hydrogens is 204 g/mol. The van der Waals surface area contributed by atoms with Gasteiger partial charge in [-0.15, -0.1) is 0 Å². The molecule has 0 atom stereocenters. The molecule has 0 bridgehead atoms. The van der Waals surface area contributed by atoms with Crippen molar-refractivity contribution in [2.75, 3.05) is 0 Å². The maximum Gasteiger partial charge on any atom is 0.252 e. The van der Waals surface area contributed by atoms with Crippen molar-refractivity contribution in [3.63, 3.8) is 0 Å². The predicted octanol–water partition coefficient (Wildman–Crippen LogP) is 0.547. The summed E-state index contributed by atoms with van der Waals surface area (Å²) in [5, 5.41) is 2.87. The van der Waals surface area contributed by atoms with Crippen molar-refractivity contribution in [2.24, 2.45) is 4.99 Å². The average Bonchev–Trinajstić information content (AvgIpc) is 3.04. The molecule has 4 rings (SSSR count). The number of nitrogens with one attached hydrogen (secondary N) is 1. The van der Waals surface area contributed by atoms with Gasteiger partial charge in [0.25, 0.3) is 5.91 Å². The quantitative estimate of drug-likeness (QED) is 0.686. The van der Waals surface area contributed by atoms with Gasteiger partial charge in [0.15, 0.2) is 0 Å². The van der Waals surface area contributed by atoms with Gasteiger partial charge in [0.2, 0.25) is 5.96 Å². The number of aromatic nitrogens is 1. The minimum Gasteiger partial charge on any atom is -0.323 e. The molecule has 2 aliphatic heterocycles. The van der Waals surface area contributed by atoms with E-state index in [1.807, 2.05) is 12.3 Å². The summed E-state index contributed by atoms with van der Waals surface area (Å²) in [6.45, 7) is 0.737. The fraction of sp³-hybridized carbons (Fsp3) is 0.364. The summed E-state index contributed by atoms with van der Waals surface area (Å²) >= 11 is 0. The number of aliphatic imine (C=N–C) groups is 1. The Kier molecular flexibility index (Phi) is 1.25. The second-order valence-electron chi connectivity index (χ2n) is 4.51. The van der Waals surface area contributed by atoms with Crippen LogP contribution in [-0.2, 0) is 11.3 Å². The highest BCUT2D eigenvalue weighted by Gasteiger charge is 2.61. The molecule has 0 radical (unpaired) electrons. The number of carbonyl (C=O) groups is 1. The fourth-order valence-electron chi connectivity index (χ4n) is 2.48. The lowest BCUT2D eigenvalue weighted by Crippen LogP contribution is -2.38. The standard InChI is InChI=1S/C11H10N4O/c16-9-11(2-3-11)15-6-7-5-12-4-1-8(7)13-10(15)14-9/h1,4-5H,2-3,6H2,(H,13,14,16). The summed E-state index contributed by atoms with van der Waals surface area (Å²) in [4.78, 5) is 22.5. The van der Waals surface area contributed by atoms with Crippen LogP contribution >= 0.6 is 0 Å². The van der Waals surface area contributed by atoms with E-state index < -0.39 is 0 Å². The van der Waals surface area contributed by atoms with Gasteiger partial charge in [0.05, 0.1) is 12.2 Å². The first-order valence-electron chi connectivity index (χ1n) is 5.40. The zero-order valence-electron chi connectivity index (χ0n) is 8.60. The first-order valence-corrected chi connectivity index (χ1v) is 5.40. The Morgan fingerprint density at radius 1 is 1.44 bits per heavy atom. The van der Waals surface area contributed by atoms with Gasteiger partial charge in [-0.3, -0.25) is 15.1 Å². The van der Waals surface area contributed by atoms with Gasteiger partial charge in [-0.25, -0.2) is 4.99 Å². The molecule has 1 spiro atoms. The molecule has 2 fully saturated rings. The van der Waals surface area contributed by atoms with Crippen LogP contribution in [-0.4, -0.2) is 27.3 Å². The normalized spacial score (nSPS) is 23.6. The van der Waals surface area contributed by atoms with E-state index in [0.717, 1.165) is 30.6 Å². The maximum absolute atomic E-state index is 11.8. The highest BCUT2D eigenvalue weighted by atomic mass is 16.2. The molecule has 1 aromatic rings. The van der Waals surface area contributed by atoms with Gasteiger partial charge in [0.1, 0.15) is 5.54 Å². The smallest absolute Gasteiger partial charge is 0.252 e. The highest BCUT2D eigenvalue weighted by molar-refractivity contribution is 6.11. The Morgan fingerprint density at radius 2 is 2.31 bits per heavy atom. The van der Waals surface area contributed by atoms with E-state index in [2.05, 4.69) is 20.2 Å². The molecule has 1 amide bonds. The SMILES string of the molecule is O=C1NC2=Nc3ccncc3CN2C12CC2. The van der Waals surface area contributed by atoms with Crippen LogP contribution in [0.3, 0.4) is 0 Å². The number of rotatable bonds is 0.